The second kappa shape index (κ2) is 3.94. The molecule has 0 aliphatic heterocycles. The van der Waals surface area contributed by atoms with Crippen LogP contribution in [-0.4, -0.2) is 13.4 Å². The van der Waals surface area contributed by atoms with Crippen molar-refractivity contribution in [3.05, 3.63) is 28.5 Å². The van der Waals surface area contributed by atoms with Crippen molar-refractivity contribution in [1.29, 1.82) is 0 Å². The van der Waals surface area contributed by atoms with Crippen molar-refractivity contribution in [2.24, 2.45) is 0 Å². The van der Waals surface area contributed by atoms with Crippen LogP contribution in [-0.2, 0) is 0 Å². The molecule has 0 bridgehead atoms. The van der Waals surface area contributed by atoms with Crippen LogP contribution < -0.4 is 4.74 Å². The summed E-state index contributed by atoms with van der Waals surface area (Å²) in [4.78, 5) is 12.8. The molecule has 0 fully saturated rings. The standard InChI is InChI=1S/C10H8O2S2/c1-12-8-3-5-14-10(8)9-7(6-11)2-4-13-9/h2-6H,1H3. The normalized spacial score (nSPS) is 10.1. The molecule has 2 aromatic rings. The van der Waals surface area contributed by atoms with Crippen LogP contribution in [0.25, 0.3) is 9.75 Å². The lowest BCUT2D eigenvalue weighted by atomic mass is 10.2. The maximum absolute atomic E-state index is 10.8. The third-order valence-corrected chi connectivity index (χ3v) is 3.87. The Bertz CT molecular complexity index is 442. The van der Waals surface area contributed by atoms with Crippen molar-refractivity contribution in [3.8, 4) is 15.5 Å². The highest BCUT2D eigenvalue weighted by Crippen LogP contribution is 2.39. The Kier molecular flexibility index (Phi) is 2.65. The molecule has 2 rings (SSSR count). The first kappa shape index (κ1) is 9.43. The minimum absolute atomic E-state index is 0.732. The van der Waals surface area contributed by atoms with Gasteiger partial charge in [-0.3, -0.25) is 4.79 Å². The van der Waals surface area contributed by atoms with Crippen molar-refractivity contribution in [2.75, 3.05) is 7.11 Å². The number of ether oxygens (including phenoxy) is 1. The molecule has 0 spiro atoms. The third kappa shape index (κ3) is 1.47. The van der Waals surface area contributed by atoms with Gasteiger partial charge < -0.3 is 4.74 Å². The summed E-state index contributed by atoms with van der Waals surface area (Å²) in [7, 11) is 1.64. The van der Waals surface area contributed by atoms with Crippen molar-refractivity contribution < 1.29 is 9.53 Å². The molecule has 0 aliphatic rings. The molecule has 0 saturated carbocycles. The second-order valence-corrected chi connectivity index (χ2v) is 4.47. The molecule has 2 heterocycles. The monoisotopic (exact) mass is 224 g/mol. The van der Waals surface area contributed by atoms with Crippen LogP contribution in [0.15, 0.2) is 22.9 Å². The second-order valence-electron chi connectivity index (χ2n) is 2.64. The van der Waals surface area contributed by atoms with E-state index in [-0.39, 0.29) is 0 Å². The SMILES string of the molecule is COc1ccsc1-c1sccc1C=O. The topological polar surface area (TPSA) is 26.3 Å². The van der Waals surface area contributed by atoms with E-state index in [2.05, 4.69) is 0 Å². The van der Waals surface area contributed by atoms with Gasteiger partial charge in [0.25, 0.3) is 0 Å². The van der Waals surface area contributed by atoms with E-state index >= 15 is 0 Å². The molecule has 0 saturated heterocycles. The molecule has 0 N–H and O–H groups in total. The Balaban J connectivity index is 2.53. The fraction of sp³-hybridized carbons (Fsp3) is 0.100. The zero-order valence-electron chi connectivity index (χ0n) is 7.52. The molecule has 14 heavy (non-hydrogen) atoms. The summed E-state index contributed by atoms with van der Waals surface area (Å²) < 4.78 is 5.21. The first-order chi connectivity index (χ1) is 6.86. The van der Waals surface area contributed by atoms with Gasteiger partial charge in [-0.1, -0.05) is 0 Å². The van der Waals surface area contributed by atoms with E-state index in [1.165, 1.54) is 0 Å². The lowest BCUT2D eigenvalue weighted by molar-refractivity contribution is 0.112. The zero-order valence-corrected chi connectivity index (χ0v) is 9.15. The average molecular weight is 224 g/mol. The zero-order chi connectivity index (χ0) is 9.97. The maximum atomic E-state index is 10.8. The molecule has 72 valence electrons. The largest absolute Gasteiger partial charge is 0.495 e. The number of hydrogen-bond acceptors (Lipinski definition) is 4. The van der Waals surface area contributed by atoms with E-state index < -0.39 is 0 Å². The number of carbonyl (C=O) groups excluding carboxylic acids is 1. The number of methoxy groups -OCH3 is 1. The van der Waals surface area contributed by atoms with Crippen LogP contribution in [0, 0.1) is 0 Å². The Morgan fingerprint density at radius 1 is 1.21 bits per heavy atom. The smallest absolute Gasteiger partial charge is 0.151 e. The first-order valence-electron chi connectivity index (χ1n) is 4.01. The molecular weight excluding hydrogens is 216 g/mol. The molecule has 0 aromatic carbocycles. The van der Waals surface area contributed by atoms with Crippen LogP contribution >= 0.6 is 22.7 Å². The summed E-state index contributed by atoms with van der Waals surface area (Å²) in [5, 5.41) is 3.88. The Labute approximate surface area is 89.8 Å². The van der Waals surface area contributed by atoms with Crippen LogP contribution in [0.4, 0.5) is 0 Å². The molecule has 0 aliphatic carbocycles. The van der Waals surface area contributed by atoms with Gasteiger partial charge in [0.1, 0.15) is 5.75 Å². The van der Waals surface area contributed by atoms with E-state index in [0.29, 0.717) is 0 Å². The van der Waals surface area contributed by atoms with Crippen molar-refractivity contribution in [1.82, 2.24) is 0 Å². The Hall–Kier alpha value is -1.13. The van der Waals surface area contributed by atoms with E-state index in [1.54, 1.807) is 29.8 Å². The number of aldehydes is 1. The molecule has 0 amide bonds. The van der Waals surface area contributed by atoms with Crippen molar-refractivity contribution >= 4 is 29.0 Å². The number of rotatable bonds is 3. The Morgan fingerprint density at radius 2 is 1.93 bits per heavy atom. The van der Waals surface area contributed by atoms with E-state index in [4.69, 9.17) is 4.74 Å². The van der Waals surface area contributed by atoms with Gasteiger partial charge in [0, 0.05) is 5.56 Å². The fourth-order valence-corrected chi connectivity index (χ4v) is 3.14. The van der Waals surface area contributed by atoms with Gasteiger partial charge in [-0.15, -0.1) is 22.7 Å². The van der Waals surface area contributed by atoms with Crippen LogP contribution in [0.1, 0.15) is 10.4 Å². The first-order valence-corrected chi connectivity index (χ1v) is 5.77. The molecule has 4 heteroatoms. The number of hydrogen-bond donors (Lipinski definition) is 0. The fourth-order valence-electron chi connectivity index (χ4n) is 1.22. The highest BCUT2D eigenvalue weighted by molar-refractivity contribution is 7.21. The summed E-state index contributed by atoms with van der Waals surface area (Å²) in [5.41, 5.74) is 0.732. The van der Waals surface area contributed by atoms with Gasteiger partial charge in [-0.2, -0.15) is 0 Å². The lowest BCUT2D eigenvalue weighted by Crippen LogP contribution is -1.83. The minimum atomic E-state index is 0.732. The summed E-state index contributed by atoms with van der Waals surface area (Å²) >= 11 is 3.15. The van der Waals surface area contributed by atoms with Crippen LogP contribution in [0.3, 0.4) is 0 Å². The van der Waals surface area contributed by atoms with Gasteiger partial charge in [0.2, 0.25) is 0 Å². The quantitative estimate of drug-likeness (QED) is 0.748. The average Bonchev–Trinajstić information content (AvgIpc) is 2.85. The highest BCUT2D eigenvalue weighted by Gasteiger charge is 2.12. The third-order valence-electron chi connectivity index (χ3n) is 1.88. The van der Waals surface area contributed by atoms with Gasteiger partial charge in [-0.25, -0.2) is 0 Å². The molecule has 2 aromatic heterocycles. The molecular formula is C10H8O2S2. The summed E-state index contributed by atoms with van der Waals surface area (Å²) in [5.74, 6) is 0.834. The van der Waals surface area contributed by atoms with Gasteiger partial charge in [-0.05, 0) is 22.9 Å². The molecule has 0 radical (unpaired) electrons. The number of thiophene rings is 2. The van der Waals surface area contributed by atoms with Gasteiger partial charge in [0.15, 0.2) is 6.29 Å². The maximum Gasteiger partial charge on any atom is 0.151 e. The predicted octanol–water partition coefficient (Wildman–Crippen LogP) is 3.30. The minimum Gasteiger partial charge on any atom is -0.495 e. The molecule has 0 atom stereocenters. The molecule has 2 nitrogen and oxygen atoms in total. The highest BCUT2D eigenvalue weighted by atomic mass is 32.1. The lowest BCUT2D eigenvalue weighted by Gasteiger charge is -1.99. The van der Waals surface area contributed by atoms with E-state index in [9.17, 15) is 4.79 Å². The van der Waals surface area contributed by atoms with Crippen LogP contribution in [0.2, 0.25) is 0 Å². The Morgan fingerprint density at radius 3 is 2.64 bits per heavy atom. The summed E-state index contributed by atoms with van der Waals surface area (Å²) in [6.07, 6.45) is 0.880. The van der Waals surface area contributed by atoms with Gasteiger partial charge >= 0.3 is 0 Å². The van der Waals surface area contributed by atoms with E-state index in [1.807, 2.05) is 22.9 Å². The van der Waals surface area contributed by atoms with E-state index in [0.717, 1.165) is 27.4 Å². The van der Waals surface area contributed by atoms with Gasteiger partial charge in [0.05, 0.1) is 16.9 Å². The summed E-state index contributed by atoms with van der Waals surface area (Å²) in [6.45, 7) is 0. The van der Waals surface area contributed by atoms with Crippen LogP contribution in [0.5, 0.6) is 5.75 Å². The molecule has 0 unspecified atom stereocenters. The van der Waals surface area contributed by atoms with Crippen molar-refractivity contribution in [3.63, 3.8) is 0 Å². The van der Waals surface area contributed by atoms with Crippen molar-refractivity contribution in [2.45, 2.75) is 0 Å². The summed E-state index contributed by atoms with van der Waals surface area (Å²) in [6, 6.07) is 3.74. The number of carbonyl (C=O) groups is 1. The predicted molar refractivity (Wildman–Crippen MR) is 59.6 cm³/mol.